The monoisotopic (exact) mass is 323 g/mol. The first-order valence-corrected chi connectivity index (χ1v) is 7.28. The molecule has 2 unspecified atom stereocenters. The number of nitrogens with zero attached hydrogens (tertiary/aromatic N) is 2. The van der Waals surface area contributed by atoms with Gasteiger partial charge in [0.05, 0.1) is 5.25 Å². The molecule has 0 bridgehead atoms. The van der Waals surface area contributed by atoms with Crippen LogP contribution in [0, 0.1) is 0 Å². The molecule has 18 heavy (non-hydrogen) atoms. The Balaban J connectivity index is 2.26. The van der Waals surface area contributed by atoms with E-state index in [1.54, 1.807) is 30.4 Å². The highest BCUT2D eigenvalue weighted by molar-refractivity contribution is 9.10. The fourth-order valence-electron chi connectivity index (χ4n) is 1.61. The molecule has 2 heterocycles. The van der Waals surface area contributed by atoms with Gasteiger partial charge >= 0.3 is 0 Å². The largest absolute Gasteiger partial charge is 0.327 e. The van der Waals surface area contributed by atoms with Crippen LogP contribution in [0.25, 0.3) is 0 Å². The first-order valence-electron chi connectivity index (χ1n) is 5.61. The normalized spacial score (nSPS) is 14.2. The molecule has 2 N–H and O–H groups in total. The van der Waals surface area contributed by atoms with Gasteiger partial charge < -0.3 is 5.73 Å². The van der Waals surface area contributed by atoms with Crippen LogP contribution in [0.15, 0.2) is 52.4 Å². The predicted molar refractivity (Wildman–Crippen MR) is 78.4 cm³/mol. The van der Waals surface area contributed by atoms with Crippen molar-refractivity contribution in [3.05, 3.63) is 52.9 Å². The van der Waals surface area contributed by atoms with E-state index in [1.165, 1.54) is 5.56 Å². The van der Waals surface area contributed by atoms with Crippen LogP contribution < -0.4 is 5.73 Å². The molecule has 2 atom stereocenters. The summed E-state index contributed by atoms with van der Waals surface area (Å²) in [4.78, 5) is 8.41. The van der Waals surface area contributed by atoms with Crippen LogP contribution in [0.5, 0.6) is 0 Å². The third kappa shape index (κ3) is 3.31. The maximum absolute atomic E-state index is 6.08. The fourth-order valence-corrected chi connectivity index (χ4v) is 3.20. The standard InChI is InChI=1S/C13H14BrN3S/c1-9(15)12(10-4-7-16-8-5-10)18-13-11(14)3-2-6-17-13/h2-9,12H,15H2,1H3. The van der Waals surface area contributed by atoms with Gasteiger partial charge in [-0.15, -0.1) is 0 Å². The van der Waals surface area contributed by atoms with Crippen LogP contribution in [0.2, 0.25) is 0 Å². The van der Waals surface area contributed by atoms with Gasteiger partial charge in [-0.05, 0) is 52.7 Å². The van der Waals surface area contributed by atoms with Crippen molar-refractivity contribution in [2.75, 3.05) is 0 Å². The molecule has 0 saturated heterocycles. The second kappa shape index (κ2) is 6.31. The Morgan fingerprint density at radius 3 is 2.56 bits per heavy atom. The number of aromatic nitrogens is 2. The summed E-state index contributed by atoms with van der Waals surface area (Å²) in [7, 11) is 0. The van der Waals surface area contributed by atoms with E-state index in [0.29, 0.717) is 0 Å². The van der Waals surface area contributed by atoms with Crippen molar-refractivity contribution in [1.82, 2.24) is 9.97 Å². The Labute approximate surface area is 119 Å². The maximum atomic E-state index is 6.08. The van der Waals surface area contributed by atoms with E-state index in [9.17, 15) is 0 Å². The molecule has 2 rings (SSSR count). The van der Waals surface area contributed by atoms with E-state index in [-0.39, 0.29) is 11.3 Å². The molecule has 3 nitrogen and oxygen atoms in total. The molecule has 0 aliphatic carbocycles. The van der Waals surface area contributed by atoms with Gasteiger partial charge in [0.2, 0.25) is 0 Å². The van der Waals surface area contributed by atoms with Crippen LogP contribution in [0.3, 0.4) is 0 Å². The van der Waals surface area contributed by atoms with Crippen LogP contribution in [-0.4, -0.2) is 16.0 Å². The summed E-state index contributed by atoms with van der Waals surface area (Å²) in [5, 5.41) is 1.12. The highest BCUT2D eigenvalue weighted by Crippen LogP contribution is 2.38. The number of thioether (sulfide) groups is 1. The van der Waals surface area contributed by atoms with Gasteiger partial charge in [0.1, 0.15) is 5.03 Å². The van der Waals surface area contributed by atoms with Crippen molar-refractivity contribution in [3.8, 4) is 0 Å². The third-order valence-electron chi connectivity index (χ3n) is 2.48. The molecule has 0 aliphatic rings. The molecule has 5 heteroatoms. The van der Waals surface area contributed by atoms with E-state index in [4.69, 9.17) is 5.73 Å². The van der Waals surface area contributed by atoms with Gasteiger partial charge in [-0.1, -0.05) is 11.8 Å². The van der Waals surface area contributed by atoms with Gasteiger partial charge in [0, 0.05) is 29.1 Å². The number of hydrogen-bond donors (Lipinski definition) is 1. The van der Waals surface area contributed by atoms with Gasteiger partial charge in [-0.2, -0.15) is 0 Å². The molecule has 2 aromatic rings. The summed E-state index contributed by atoms with van der Waals surface area (Å²) in [5.41, 5.74) is 7.25. The van der Waals surface area contributed by atoms with Crippen LogP contribution in [-0.2, 0) is 0 Å². The fraction of sp³-hybridized carbons (Fsp3) is 0.231. The Bertz CT molecular complexity index is 505. The lowest BCUT2D eigenvalue weighted by atomic mass is 10.1. The van der Waals surface area contributed by atoms with Crippen molar-refractivity contribution in [3.63, 3.8) is 0 Å². The summed E-state index contributed by atoms with van der Waals surface area (Å²) in [6.45, 7) is 2.01. The van der Waals surface area contributed by atoms with Crippen LogP contribution in [0.1, 0.15) is 17.7 Å². The van der Waals surface area contributed by atoms with Crippen molar-refractivity contribution in [1.29, 1.82) is 0 Å². The molecule has 0 amide bonds. The summed E-state index contributed by atoms with van der Waals surface area (Å²) in [6, 6.07) is 7.92. The quantitative estimate of drug-likeness (QED) is 0.876. The zero-order chi connectivity index (χ0) is 13.0. The highest BCUT2D eigenvalue weighted by atomic mass is 79.9. The second-order valence-electron chi connectivity index (χ2n) is 3.97. The minimum atomic E-state index is 0.0336. The predicted octanol–water partition coefficient (Wildman–Crippen LogP) is 3.42. The molecule has 0 saturated carbocycles. The Morgan fingerprint density at radius 1 is 1.22 bits per heavy atom. The van der Waals surface area contributed by atoms with Crippen LogP contribution >= 0.6 is 27.7 Å². The lowest BCUT2D eigenvalue weighted by molar-refractivity contribution is 0.719. The summed E-state index contributed by atoms with van der Waals surface area (Å²) in [5.74, 6) is 0. The zero-order valence-electron chi connectivity index (χ0n) is 9.95. The Morgan fingerprint density at radius 2 is 1.94 bits per heavy atom. The topological polar surface area (TPSA) is 51.8 Å². The SMILES string of the molecule is CC(N)C(Sc1ncccc1Br)c1ccncc1. The Hall–Kier alpha value is -0.910. The molecule has 0 radical (unpaired) electrons. The third-order valence-corrected chi connectivity index (χ3v) is 4.88. The van der Waals surface area contributed by atoms with E-state index in [2.05, 4.69) is 25.9 Å². The first-order chi connectivity index (χ1) is 8.68. The summed E-state index contributed by atoms with van der Waals surface area (Å²) < 4.78 is 0.995. The van der Waals surface area contributed by atoms with Gasteiger partial charge in [0.15, 0.2) is 0 Å². The number of nitrogens with two attached hydrogens (primary N) is 1. The van der Waals surface area contributed by atoms with Gasteiger partial charge in [-0.25, -0.2) is 4.98 Å². The van der Waals surface area contributed by atoms with Crippen molar-refractivity contribution in [2.45, 2.75) is 23.2 Å². The minimum Gasteiger partial charge on any atom is -0.327 e. The van der Waals surface area contributed by atoms with E-state index in [0.717, 1.165) is 9.50 Å². The molecular weight excluding hydrogens is 310 g/mol. The molecule has 0 aromatic carbocycles. The molecule has 0 aliphatic heterocycles. The number of rotatable bonds is 4. The molecule has 94 valence electrons. The number of pyridine rings is 2. The molecular formula is C13H14BrN3S. The zero-order valence-corrected chi connectivity index (χ0v) is 12.4. The van der Waals surface area contributed by atoms with Crippen molar-refractivity contribution in [2.24, 2.45) is 5.73 Å². The van der Waals surface area contributed by atoms with Crippen LogP contribution in [0.4, 0.5) is 0 Å². The van der Waals surface area contributed by atoms with Gasteiger partial charge in [-0.3, -0.25) is 4.98 Å². The lowest BCUT2D eigenvalue weighted by Crippen LogP contribution is -2.22. The molecule has 2 aromatic heterocycles. The van der Waals surface area contributed by atoms with Crippen molar-refractivity contribution < 1.29 is 0 Å². The lowest BCUT2D eigenvalue weighted by Gasteiger charge is -2.20. The smallest absolute Gasteiger partial charge is 0.111 e. The number of halogens is 1. The van der Waals surface area contributed by atoms with E-state index in [1.807, 2.05) is 31.2 Å². The van der Waals surface area contributed by atoms with E-state index >= 15 is 0 Å². The second-order valence-corrected chi connectivity index (χ2v) is 5.95. The van der Waals surface area contributed by atoms with Gasteiger partial charge in [0.25, 0.3) is 0 Å². The van der Waals surface area contributed by atoms with E-state index < -0.39 is 0 Å². The summed E-state index contributed by atoms with van der Waals surface area (Å²) >= 11 is 5.18. The highest BCUT2D eigenvalue weighted by Gasteiger charge is 2.19. The van der Waals surface area contributed by atoms with Crippen molar-refractivity contribution >= 4 is 27.7 Å². The number of hydrogen-bond acceptors (Lipinski definition) is 4. The molecule has 0 fully saturated rings. The minimum absolute atomic E-state index is 0.0336. The first kappa shape index (κ1) is 13.5. The Kier molecular flexibility index (Phi) is 4.74. The molecule has 0 spiro atoms. The summed E-state index contributed by atoms with van der Waals surface area (Å²) in [6.07, 6.45) is 5.37. The average molecular weight is 324 g/mol. The maximum Gasteiger partial charge on any atom is 0.111 e. The average Bonchev–Trinajstić information content (AvgIpc) is 2.38.